The Morgan fingerprint density at radius 2 is 2.00 bits per heavy atom. The second-order valence-electron chi connectivity index (χ2n) is 7.83. The number of ether oxygens (including phenoxy) is 3. The molecule has 0 spiro atoms. The molecule has 32 heavy (non-hydrogen) atoms. The average Bonchev–Trinajstić information content (AvgIpc) is 3.35. The maximum absolute atomic E-state index is 12.6. The predicted molar refractivity (Wildman–Crippen MR) is 129 cm³/mol. The fourth-order valence-corrected chi connectivity index (χ4v) is 6.22. The zero-order chi connectivity index (χ0) is 22.2. The van der Waals surface area contributed by atoms with Gasteiger partial charge in [-0.3, -0.25) is 4.98 Å². The van der Waals surface area contributed by atoms with E-state index in [4.69, 9.17) is 19.2 Å². The molecule has 0 bridgehead atoms. The van der Waals surface area contributed by atoms with E-state index in [1.54, 1.807) is 13.3 Å². The maximum atomic E-state index is 12.6. The first-order chi connectivity index (χ1) is 15.6. The van der Waals surface area contributed by atoms with Gasteiger partial charge in [0, 0.05) is 23.9 Å². The third-order valence-electron chi connectivity index (χ3n) is 6.10. The summed E-state index contributed by atoms with van der Waals surface area (Å²) in [5.74, 6) is 0.510. The Bertz CT molecular complexity index is 1280. The van der Waals surface area contributed by atoms with Crippen LogP contribution in [0.15, 0.2) is 47.1 Å². The van der Waals surface area contributed by atoms with Crippen molar-refractivity contribution in [1.29, 1.82) is 0 Å². The van der Waals surface area contributed by atoms with E-state index in [9.17, 15) is 4.79 Å². The van der Waals surface area contributed by atoms with E-state index in [0.29, 0.717) is 16.5 Å². The van der Waals surface area contributed by atoms with E-state index in [2.05, 4.69) is 50.8 Å². The number of esters is 1. The molecule has 0 radical (unpaired) electrons. The minimum absolute atomic E-state index is 0.0465. The van der Waals surface area contributed by atoms with Gasteiger partial charge in [0.15, 0.2) is 10.6 Å². The molecular formula is C24H23BrN2O4S. The number of fused-ring (bicyclic) bond motifs is 3. The first kappa shape index (κ1) is 21.4. The molecule has 1 unspecified atom stereocenters. The largest absolute Gasteiger partial charge is 0.493 e. The molecule has 6 nitrogen and oxygen atoms in total. The number of halogens is 1. The van der Waals surface area contributed by atoms with Crippen molar-refractivity contribution >= 4 is 54.5 Å². The Balaban J connectivity index is 1.87. The third-order valence-corrected chi connectivity index (χ3v) is 7.68. The number of carbonyl (C=O) groups is 1. The average molecular weight is 515 g/mol. The van der Waals surface area contributed by atoms with E-state index in [1.807, 2.05) is 6.07 Å². The highest BCUT2D eigenvalue weighted by atomic mass is 79.9. The van der Waals surface area contributed by atoms with Gasteiger partial charge in [0.05, 0.1) is 30.5 Å². The molecule has 5 rings (SSSR count). The van der Waals surface area contributed by atoms with Crippen LogP contribution < -0.4 is 4.74 Å². The maximum Gasteiger partial charge on any atom is 0.351 e. The topological polar surface area (TPSA) is 62.6 Å². The van der Waals surface area contributed by atoms with Crippen LogP contribution >= 0.6 is 27.3 Å². The highest BCUT2D eigenvalue weighted by molar-refractivity contribution is 9.10. The van der Waals surface area contributed by atoms with Crippen LogP contribution in [0.5, 0.6) is 5.75 Å². The summed E-state index contributed by atoms with van der Waals surface area (Å²) in [5, 5.41) is 0. The van der Waals surface area contributed by atoms with E-state index in [-0.39, 0.29) is 6.04 Å². The fourth-order valence-electron chi connectivity index (χ4n) is 4.71. The standard InChI is InChI=1S/C24H23BrN2O4S/c1-29-21-20-22(32-23(21)24(28)30-2)18-17(12-16(25)13-26-18)27(20)19(14-6-4-3-5-7-14)15-8-10-31-11-9-15/h3-7,12-13,15,19H,8-11H2,1-2H3. The molecule has 3 aromatic heterocycles. The molecular weight excluding hydrogens is 492 g/mol. The first-order valence-electron chi connectivity index (χ1n) is 10.5. The van der Waals surface area contributed by atoms with Crippen LogP contribution in [0.4, 0.5) is 0 Å². The van der Waals surface area contributed by atoms with Gasteiger partial charge in [-0.15, -0.1) is 11.3 Å². The van der Waals surface area contributed by atoms with Crippen LogP contribution in [0, 0.1) is 5.92 Å². The number of rotatable bonds is 5. The Labute approximate surface area is 198 Å². The van der Waals surface area contributed by atoms with Gasteiger partial charge in [-0.2, -0.15) is 0 Å². The van der Waals surface area contributed by atoms with E-state index in [1.165, 1.54) is 24.0 Å². The van der Waals surface area contributed by atoms with Crippen molar-refractivity contribution in [3.05, 3.63) is 57.5 Å². The number of hydrogen-bond acceptors (Lipinski definition) is 6. The lowest BCUT2D eigenvalue weighted by Gasteiger charge is -2.33. The smallest absolute Gasteiger partial charge is 0.351 e. The van der Waals surface area contributed by atoms with Gasteiger partial charge in [-0.25, -0.2) is 4.79 Å². The molecule has 166 valence electrons. The highest BCUT2D eigenvalue weighted by Gasteiger charge is 2.34. The number of methoxy groups -OCH3 is 2. The van der Waals surface area contributed by atoms with Crippen molar-refractivity contribution in [2.24, 2.45) is 5.92 Å². The van der Waals surface area contributed by atoms with Crippen LogP contribution in [0.2, 0.25) is 0 Å². The summed E-state index contributed by atoms with van der Waals surface area (Å²) in [7, 11) is 2.99. The van der Waals surface area contributed by atoms with Crippen molar-refractivity contribution in [2.45, 2.75) is 18.9 Å². The third kappa shape index (κ3) is 3.50. The van der Waals surface area contributed by atoms with E-state index >= 15 is 0 Å². The zero-order valence-corrected chi connectivity index (χ0v) is 20.2. The summed E-state index contributed by atoms with van der Waals surface area (Å²) in [6.07, 6.45) is 3.71. The fraction of sp³-hybridized carbons (Fsp3) is 0.333. The molecule has 0 amide bonds. The van der Waals surface area contributed by atoms with Gasteiger partial charge in [-0.1, -0.05) is 30.3 Å². The summed E-state index contributed by atoms with van der Waals surface area (Å²) in [6, 6.07) is 12.7. The molecule has 1 fully saturated rings. The second-order valence-corrected chi connectivity index (χ2v) is 9.77. The van der Waals surface area contributed by atoms with E-state index < -0.39 is 5.97 Å². The minimum Gasteiger partial charge on any atom is -0.493 e. The molecule has 0 aliphatic carbocycles. The van der Waals surface area contributed by atoms with Gasteiger partial charge >= 0.3 is 5.97 Å². The summed E-state index contributed by atoms with van der Waals surface area (Å²) in [5.41, 5.74) is 3.97. The molecule has 4 heterocycles. The van der Waals surface area contributed by atoms with Crippen molar-refractivity contribution in [1.82, 2.24) is 9.55 Å². The van der Waals surface area contributed by atoms with Crippen LogP contribution in [-0.4, -0.2) is 43.0 Å². The van der Waals surface area contributed by atoms with Crippen LogP contribution in [-0.2, 0) is 9.47 Å². The monoisotopic (exact) mass is 514 g/mol. The molecule has 0 N–H and O–H groups in total. The van der Waals surface area contributed by atoms with Crippen LogP contribution in [0.25, 0.3) is 21.3 Å². The van der Waals surface area contributed by atoms with Gasteiger partial charge in [0.1, 0.15) is 11.0 Å². The van der Waals surface area contributed by atoms with Crippen LogP contribution in [0.1, 0.15) is 34.1 Å². The van der Waals surface area contributed by atoms with Crippen molar-refractivity contribution in [2.75, 3.05) is 27.4 Å². The van der Waals surface area contributed by atoms with Crippen molar-refractivity contribution in [3.8, 4) is 5.75 Å². The Morgan fingerprint density at radius 3 is 2.69 bits per heavy atom. The summed E-state index contributed by atoms with van der Waals surface area (Å²) in [4.78, 5) is 17.8. The molecule has 1 saturated heterocycles. The number of hydrogen-bond donors (Lipinski definition) is 0. The van der Waals surface area contributed by atoms with Crippen LogP contribution in [0.3, 0.4) is 0 Å². The van der Waals surface area contributed by atoms with Gasteiger partial charge < -0.3 is 18.8 Å². The Hall–Kier alpha value is -2.42. The molecule has 1 aromatic carbocycles. The van der Waals surface area contributed by atoms with E-state index in [0.717, 1.165) is 51.8 Å². The lowest BCUT2D eigenvalue weighted by Crippen LogP contribution is -2.27. The molecule has 1 aliphatic heterocycles. The minimum atomic E-state index is -0.401. The number of carbonyl (C=O) groups excluding carboxylic acids is 1. The molecule has 4 aromatic rings. The summed E-state index contributed by atoms with van der Waals surface area (Å²) in [6.45, 7) is 1.49. The number of aromatic nitrogens is 2. The zero-order valence-electron chi connectivity index (χ0n) is 17.8. The predicted octanol–water partition coefficient (Wildman–Crippen LogP) is 5.82. The Kier molecular flexibility index (Phi) is 5.92. The van der Waals surface area contributed by atoms with Gasteiger partial charge in [-0.05, 0) is 46.3 Å². The molecule has 1 atom stereocenters. The van der Waals surface area contributed by atoms with Gasteiger partial charge in [0.2, 0.25) is 0 Å². The lowest BCUT2D eigenvalue weighted by atomic mass is 9.86. The number of thiophene rings is 1. The SMILES string of the molecule is COC(=O)c1sc2c3ncc(Br)cc3n(C(c3ccccc3)C3CCOCC3)c2c1OC. The molecule has 1 aliphatic rings. The summed E-state index contributed by atoms with van der Waals surface area (Å²) >= 11 is 4.97. The molecule has 8 heteroatoms. The second kappa shape index (κ2) is 8.84. The lowest BCUT2D eigenvalue weighted by molar-refractivity contribution is 0.0552. The van der Waals surface area contributed by atoms with Crippen molar-refractivity contribution in [3.63, 3.8) is 0 Å². The highest BCUT2D eigenvalue weighted by Crippen LogP contribution is 2.48. The number of benzene rings is 1. The quantitative estimate of drug-likeness (QED) is 0.313. The van der Waals surface area contributed by atoms with Crippen molar-refractivity contribution < 1.29 is 19.0 Å². The summed E-state index contributed by atoms with van der Waals surface area (Å²) < 4.78 is 20.7. The Morgan fingerprint density at radius 1 is 1.25 bits per heavy atom. The van der Waals surface area contributed by atoms with Gasteiger partial charge in [0.25, 0.3) is 0 Å². The normalized spacial score (nSPS) is 15.8. The number of nitrogens with zero attached hydrogens (tertiary/aromatic N) is 2. The first-order valence-corrected chi connectivity index (χ1v) is 12.1. The number of pyridine rings is 1. The molecule has 0 saturated carbocycles.